The molecule has 12 nitrogen and oxygen atoms in total. The summed E-state index contributed by atoms with van der Waals surface area (Å²) in [5.74, 6) is -0.104. The van der Waals surface area contributed by atoms with Gasteiger partial charge in [-0.15, -0.1) is 5.10 Å². The molecule has 6 atom stereocenters. The highest BCUT2D eigenvalue weighted by molar-refractivity contribution is 7.46. The summed E-state index contributed by atoms with van der Waals surface area (Å²) in [6.07, 6.45) is -6.76. The van der Waals surface area contributed by atoms with Gasteiger partial charge in [0, 0.05) is 12.0 Å². The standard InChI is InChI=1S/C21H25ClFN4O8P/c1-10(12-4-2-3-5-13(12)23)24-20-15-7-6-14(27(15)26-21(22)25-20)19-18(30)17(29)16(34-19)8-11(9-28)35-36(31,32)33/h2-7,10-11,16-19,28-30H,8-9H2,1H3,(H,24,25,26)(H2,31,32,33)/t10-,11?,16+,17+,18+,19-/m0/s1. The molecule has 0 bridgehead atoms. The topological polar surface area (TPSA) is 179 Å². The van der Waals surface area contributed by atoms with E-state index in [4.69, 9.17) is 26.1 Å². The molecule has 3 aromatic rings. The van der Waals surface area contributed by atoms with Crippen molar-refractivity contribution < 1.29 is 43.3 Å². The Morgan fingerprint density at radius 1 is 1.25 bits per heavy atom. The molecular formula is C21H25ClFN4O8P. The molecule has 1 unspecified atom stereocenters. The second-order valence-electron chi connectivity index (χ2n) is 8.38. The summed E-state index contributed by atoms with van der Waals surface area (Å²) in [4.78, 5) is 22.2. The number of phosphoric acid groups is 1. The van der Waals surface area contributed by atoms with Crippen LogP contribution in [0.5, 0.6) is 0 Å². The molecule has 196 valence electrons. The van der Waals surface area contributed by atoms with Crippen LogP contribution < -0.4 is 5.32 Å². The zero-order valence-electron chi connectivity index (χ0n) is 18.8. The van der Waals surface area contributed by atoms with Gasteiger partial charge in [0.25, 0.3) is 0 Å². The first-order valence-electron chi connectivity index (χ1n) is 10.9. The lowest BCUT2D eigenvalue weighted by Crippen LogP contribution is -2.34. The van der Waals surface area contributed by atoms with Crippen LogP contribution in [0, 0.1) is 5.82 Å². The van der Waals surface area contributed by atoms with E-state index in [9.17, 15) is 24.3 Å². The van der Waals surface area contributed by atoms with Crippen molar-refractivity contribution in [2.75, 3.05) is 11.9 Å². The fourth-order valence-corrected chi connectivity index (χ4v) is 4.91. The average molecular weight is 547 g/mol. The van der Waals surface area contributed by atoms with Crippen molar-refractivity contribution in [1.82, 2.24) is 14.6 Å². The summed E-state index contributed by atoms with van der Waals surface area (Å²) < 4.78 is 37.0. The van der Waals surface area contributed by atoms with Crippen molar-refractivity contribution in [3.05, 3.63) is 58.8 Å². The summed E-state index contributed by atoms with van der Waals surface area (Å²) >= 11 is 6.14. The van der Waals surface area contributed by atoms with E-state index in [-0.39, 0.29) is 17.5 Å². The molecule has 1 aromatic carbocycles. The Morgan fingerprint density at radius 3 is 2.64 bits per heavy atom. The van der Waals surface area contributed by atoms with Crippen LogP contribution in [0.25, 0.3) is 5.52 Å². The van der Waals surface area contributed by atoms with Crippen LogP contribution in [-0.2, 0) is 13.8 Å². The Bertz CT molecular complexity index is 1280. The minimum atomic E-state index is -4.90. The molecule has 1 aliphatic rings. The fraction of sp³-hybridized carbons (Fsp3) is 0.429. The van der Waals surface area contributed by atoms with Gasteiger partial charge < -0.3 is 35.2 Å². The van der Waals surface area contributed by atoms with Crippen molar-refractivity contribution in [3.8, 4) is 0 Å². The van der Waals surface area contributed by atoms with E-state index in [1.807, 2.05) is 0 Å². The average Bonchev–Trinajstić information content (AvgIpc) is 3.34. The monoisotopic (exact) mass is 546 g/mol. The number of ether oxygens (including phenoxy) is 1. The third-order valence-corrected chi connectivity index (χ3v) is 6.61. The van der Waals surface area contributed by atoms with E-state index in [1.165, 1.54) is 10.6 Å². The van der Waals surface area contributed by atoms with Gasteiger partial charge >= 0.3 is 7.82 Å². The third kappa shape index (κ3) is 5.70. The molecule has 2 aromatic heterocycles. The van der Waals surface area contributed by atoms with Gasteiger partial charge in [0.15, 0.2) is 5.82 Å². The number of aliphatic hydroxyl groups excluding tert-OH is 3. The second-order valence-corrected chi connectivity index (χ2v) is 9.91. The number of aliphatic hydroxyl groups is 3. The number of rotatable bonds is 9. The Balaban J connectivity index is 1.60. The highest BCUT2D eigenvalue weighted by Crippen LogP contribution is 2.41. The Morgan fingerprint density at radius 2 is 1.97 bits per heavy atom. The molecule has 15 heteroatoms. The van der Waals surface area contributed by atoms with Gasteiger partial charge in [-0.1, -0.05) is 18.2 Å². The Labute approximate surface area is 209 Å². The van der Waals surface area contributed by atoms with Gasteiger partial charge in [0.05, 0.1) is 30.6 Å². The molecule has 1 saturated heterocycles. The largest absolute Gasteiger partial charge is 0.469 e. The molecule has 36 heavy (non-hydrogen) atoms. The lowest BCUT2D eigenvalue weighted by Gasteiger charge is -2.21. The van der Waals surface area contributed by atoms with E-state index in [1.54, 1.807) is 37.3 Å². The van der Waals surface area contributed by atoms with E-state index in [2.05, 4.69) is 19.9 Å². The number of phosphoric ester groups is 1. The van der Waals surface area contributed by atoms with E-state index in [0.717, 1.165) is 0 Å². The summed E-state index contributed by atoms with van der Waals surface area (Å²) in [5, 5.41) is 37.7. The van der Waals surface area contributed by atoms with Crippen LogP contribution in [0.1, 0.15) is 36.7 Å². The number of aromatic nitrogens is 3. The maximum atomic E-state index is 14.2. The number of benzene rings is 1. The Hall–Kier alpha value is -2.19. The van der Waals surface area contributed by atoms with Crippen LogP contribution in [0.4, 0.5) is 10.2 Å². The van der Waals surface area contributed by atoms with Crippen molar-refractivity contribution in [3.63, 3.8) is 0 Å². The lowest BCUT2D eigenvalue weighted by molar-refractivity contribution is -0.0311. The predicted molar refractivity (Wildman–Crippen MR) is 125 cm³/mol. The lowest BCUT2D eigenvalue weighted by atomic mass is 10.0. The van der Waals surface area contributed by atoms with Gasteiger partial charge in [-0.2, -0.15) is 4.98 Å². The van der Waals surface area contributed by atoms with Crippen LogP contribution in [0.3, 0.4) is 0 Å². The third-order valence-electron chi connectivity index (χ3n) is 5.88. The summed E-state index contributed by atoms with van der Waals surface area (Å²) in [6, 6.07) is 9.00. The van der Waals surface area contributed by atoms with E-state index in [0.29, 0.717) is 16.8 Å². The SMILES string of the molecule is C[C@H](Nc1nc(Cl)nn2c([C@@H]3O[C@H](CC(CO)OP(=O)(O)O)[C@@H](O)[C@H]3O)ccc12)c1ccccc1F. The van der Waals surface area contributed by atoms with E-state index >= 15 is 0 Å². The maximum Gasteiger partial charge on any atom is 0.469 e. The molecule has 1 aliphatic heterocycles. The van der Waals surface area contributed by atoms with Crippen LogP contribution in [0.2, 0.25) is 5.28 Å². The molecule has 0 spiro atoms. The first-order valence-corrected chi connectivity index (χ1v) is 12.8. The molecule has 1 fully saturated rings. The molecule has 4 rings (SSSR count). The number of anilines is 1. The number of nitrogens with one attached hydrogen (secondary N) is 1. The van der Waals surface area contributed by atoms with Crippen LogP contribution in [-0.4, -0.2) is 70.7 Å². The summed E-state index contributed by atoms with van der Waals surface area (Å²) in [5.41, 5.74) is 1.15. The highest BCUT2D eigenvalue weighted by atomic mass is 35.5. The van der Waals surface area contributed by atoms with Gasteiger partial charge in [0.2, 0.25) is 5.28 Å². The Kier molecular flexibility index (Phi) is 7.95. The number of fused-ring (bicyclic) bond motifs is 1. The van der Waals surface area contributed by atoms with Crippen molar-refractivity contribution in [2.45, 2.75) is 49.9 Å². The molecule has 0 saturated carbocycles. The van der Waals surface area contributed by atoms with Crippen molar-refractivity contribution >= 4 is 30.8 Å². The van der Waals surface area contributed by atoms with Crippen molar-refractivity contribution in [2.24, 2.45) is 0 Å². The molecule has 0 amide bonds. The van der Waals surface area contributed by atoms with Gasteiger partial charge in [-0.05, 0) is 36.7 Å². The van der Waals surface area contributed by atoms with Gasteiger partial charge in [-0.3, -0.25) is 4.52 Å². The molecule has 3 heterocycles. The smallest absolute Gasteiger partial charge is 0.394 e. The molecule has 6 N–H and O–H groups in total. The summed E-state index contributed by atoms with van der Waals surface area (Å²) in [6.45, 7) is 1.00. The quantitative estimate of drug-likeness (QED) is 0.215. The highest BCUT2D eigenvalue weighted by Gasteiger charge is 2.46. The summed E-state index contributed by atoms with van der Waals surface area (Å²) in [7, 11) is -4.90. The first-order chi connectivity index (χ1) is 17.0. The van der Waals surface area contributed by atoms with Crippen LogP contribution in [0.15, 0.2) is 36.4 Å². The molecular weight excluding hydrogens is 522 g/mol. The van der Waals surface area contributed by atoms with E-state index < -0.39 is 56.8 Å². The number of hydrogen-bond acceptors (Lipinski definition) is 9. The molecule has 0 aliphatic carbocycles. The minimum absolute atomic E-state index is 0.150. The van der Waals surface area contributed by atoms with Gasteiger partial charge in [-0.25, -0.2) is 13.5 Å². The fourth-order valence-electron chi connectivity index (χ4n) is 4.21. The first kappa shape index (κ1) is 26.9. The predicted octanol–water partition coefficient (Wildman–Crippen LogP) is 1.72. The number of halogens is 2. The van der Waals surface area contributed by atoms with Crippen LogP contribution >= 0.6 is 19.4 Å². The number of nitrogens with zero attached hydrogens (tertiary/aromatic N) is 3. The second kappa shape index (κ2) is 10.7. The molecule has 0 radical (unpaired) electrons. The number of hydrogen-bond donors (Lipinski definition) is 6. The minimum Gasteiger partial charge on any atom is -0.394 e. The van der Waals surface area contributed by atoms with Crippen molar-refractivity contribution in [1.29, 1.82) is 0 Å². The maximum absolute atomic E-state index is 14.2. The normalized spacial score (nSPS) is 24.2. The zero-order valence-corrected chi connectivity index (χ0v) is 20.5. The zero-order chi connectivity index (χ0) is 26.2. The van der Waals surface area contributed by atoms with Gasteiger partial charge in [0.1, 0.15) is 29.6 Å².